The fourth-order valence-electron chi connectivity index (χ4n) is 1.12. The van der Waals surface area contributed by atoms with E-state index >= 15 is 0 Å². The molecule has 0 bridgehead atoms. The van der Waals surface area contributed by atoms with Gasteiger partial charge in [0.1, 0.15) is 18.6 Å². The lowest BCUT2D eigenvalue weighted by molar-refractivity contribution is -0.107. The van der Waals surface area contributed by atoms with Crippen LogP contribution in [-0.2, 0) is 11.2 Å². The lowest BCUT2D eigenvalue weighted by Crippen LogP contribution is -1.94. The predicted molar refractivity (Wildman–Crippen MR) is 61.1 cm³/mol. The maximum Gasteiger partial charge on any atom is 0.124 e. The van der Waals surface area contributed by atoms with Crippen molar-refractivity contribution in [1.82, 2.24) is 0 Å². The average Bonchev–Trinajstić information content (AvgIpc) is 2.20. The van der Waals surface area contributed by atoms with Crippen LogP contribution in [0.2, 0.25) is 0 Å². The lowest BCUT2D eigenvalue weighted by Gasteiger charge is -2.03. The van der Waals surface area contributed by atoms with E-state index in [1.54, 1.807) is 0 Å². The Hall–Kier alpha value is -1.57. The summed E-state index contributed by atoms with van der Waals surface area (Å²) in [4.78, 5) is 10.3. The summed E-state index contributed by atoms with van der Waals surface area (Å²) in [7, 11) is 0. The molecule has 0 heterocycles. The number of aldehydes is 1. The van der Waals surface area contributed by atoms with E-state index in [9.17, 15) is 4.79 Å². The third kappa shape index (κ3) is 4.45. The van der Waals surface area contributed by atoms with Gasteiger partial charge in [0.25, 0.3) is 0 Å². The lowest BCUT2D eigenvalue weighted by atomic mass is 10.2. The molecule has 0 amide bonds. The highest BCUT2D eigenvalue weighted by Gasteiger charge is 1.93. The van der Waals surface area contributed by atoms with Crippen LogP contribution in [0.1, 0.15) is 19.4 Å². The van der Waals surface area contributed by atoms with Gasteiger partial charge < -0.3 is 9.53 Å². The molecule has 0 radical (unpaired) electrons. The Morgan fingerprint density at radius 2 is 1.93 bits per heavy atom. The largest absolute Gasteiger partial charge is 0.490 e. The zero-order valence-electron chi connectivity index (χ0n) is 9.19. The van der Waals surface area contributed by atoms with Crippen molar-refractivity contribution in [1.29, 1.82) is 0 Å². The third-order valence-corrected chi connectivity index (χ3v) is 1.98. The molecule has 1 aromatic rings. The minimum Gasteiger partial charge on any atom is -0.490 e. The van der Waals surface area contributed by atoms with Gasteiger partial charge in [-0.2, -0.15) is 0 Å². The summed E-state index contributed by atoms with van der Waals surface area (Å²) < 4.78 is 5.49. The Labute approximate surface area is 90.6 Å². The number of hydrogen-bond acceptors (Lipinski definition) is 2. The first kappa shape index (κ1) is 11.5. The van der Waals surface area contributed by atoms with Crippen molar-refractivity contribution >= 4 is 6.29 Å². The average molecular weight is 204 g/mol. The third-order valence-electron chi connectivity index (χ3n) is 1.98. The van der Waals surface area contributed by atoms with Crippen LogP contribution in [0.3, 0.4) is 0 Å². The summed E-state index contributed by atoms with van der Waals surface area (Å²) in [5, 5.41) is 0. The number of hydrogen-bond donors (Lipinski definition) is 0. The number of rotatable bonds is 5. The van der Waals surface area contributed by atoms with Crippen molar-refractivity contribution in [2.24, 2.45) is 0 Å². The van der Waals surface area contributed by atoms with Crippen LogP contribution < -0.4 is 4.74 Å². The van der Waals surface area contributed by atoms with Crippen molar-refractivity contribution in [3.05, 3.63) is 41.5 Å². The van der Waals surface area contributed by atoms with Crippen LogP contribution in [-0.4, -0.2) is 12.9 Å². The molecule has 0 aliphatic heterocycles. The van der Waals surface area contributed by atoms with Crippen LogP contribution in [0.15, 0.2) is 35.9 Å². The number of carbonyl (C=O) groups excluding carboxylic acids is 1. The van der Waals surface area contributed by atoms with E-state index in [-0.39, 0.29) is 0 Å². The van der Waals surface area contributed by atoms with Crippen LogP contribution in [0, 0.1) is 0 Å². The molecule has 0 aromatic heterocycles. The van der Waals surface area contributed by atoms with Crippen LogP contribution >= 0.6 is 0 Å². The Balaban J connectivity index is 2.49. The molecule has 0 saturated carbocycles. The molecule has 15 heavy (non-hydrogen) atoms. The number of allylic oxidation sites excluding steroid dienone is 1. The highest BCUT2D eigenvalue weighted by Crippen LogP contribution is 2.12. The maximum absolute atomic E-state index is 10.3. The van der Waals surface area contributed by atoms with E-state index < -0.39 is 0 Å². The highest BCUT2D eigenvalue weighted by molar-refractivity contribution is 5.55. The van der Waals surface area contributed by atoms with E-state index in [1.807, 2.05) is 44.2 Å². The minimum atomic E-state index is 0.467. The minimum absolute atomic E-state index is 0.467. The molecule has 0 atom stereocenters. The van der Waals surface area contributed by atoms with Crippen LogP contribution in [0.4, 0.5) is 0 Å². The standard InChI is InChI=1S/C13H16O2/c1-11(2)8-10-15-13-5-3-12(4-6-13)7-9-14/h3-6,8-9H,7,10H2,1-2H3. The molecule has 0 saturated heterocycles. The van der Waals surface area contributed by atoms with E-state index in [1.165, 1.54) is 5.57 Å². The summed E-state index contributed by atoms with van der Waals surface area (Å²) in [6.45, 7) is 4.67. The van der Waals surface area contributed by atoms with E-state index in [4.69, 9.17) is 4.74 Å². The van der Waals surface area contributed by atoms with Gasteiger partial charge in [0, 0.05) is 6.42 Å². The number of carbonyl (C=O) groups is 1. The zero-order chi connectivity index (χ0) is 11.1. The SMILES string of the molecule is CC(C)=CCOc1ccc(CC=O)cc1. The van der Waals surface area contributed by atoms with Crippen molar-refractivity contribution in [3.8, 4) is 5.75 Å². The second kappa shape index (κ2) is 6.02. The molecule has 0 aliphatic carbocycles. The Morgan fingerprint density at radius 1 is 1.27 bits per heavy atom. The Bertz CT molecular complexity index is 332. The molecule has 0 aliphatic rings. The molecule has 0 N–H and O–H groups in total. The van der Waals surface area contributed by atoms with E-state index in [0.717, 1.165) is 17.6 Å². The van der Waals surface area contributed by atoms with Crippen molar-refractivity contribution in [2.45, 2.75) is 20.3 Å². The summed E-state index contributed by atoms with van der Waals surface area (Å²) in [5.41, 5.74) is 2.26. The smallest absolute Gasteiger partial charge is 0.124 e. The summed E-state index contributed by atoms with van der Waals surface area (Å²) in [5.74, 6) is 0.835. The van der Waals surface area contributed by atoms with Gasteiger partial charge in [-0.15, -0.1) is 0 Å². The summed E-state index contributed by atoms with van der Waals surface area (Å²) in [6.07, 6.45) is 3.40. The van der Waals surface area contributed by atoms with Gasteiger partial charge in [-0.25, -0.2) is 0 Å². The fraction of sp³-hybridized carbons (Fsp3) is 0.308. The predicted octanol–water partition coefficient (Wildman–Crippen LogP) is 2.77. The first-order valence-corrected chi connectivity index (χ1v) is 5.01. The van der Waals surface area contributed by atoms with Crippen LogP contribution in [0.25, 0.3) is 0 Å². The van der Waals surface area contributed by atoms with E-state index in [2.05, 4.69) is 0 Å². The van der Waals surface area contributed by atoms with Crippen molar-refractivity contribution in [3.63, 3.8) is 0 Å². The van der Waals surface area contributed by atoms with Gasteiger partial charge in [0.05, 0.1) is 0 Å². The van der Waals surface area contributed by atoms with Crippen molar-refractivity contribution in [2.75, 3.05) is 6.61 Å². The van der Waals surface area contributed by atoms with Gasteiger partial charge in [-0.05, 0) is 37.6 Å². The molecule has 0 spiro atoms. The first-order chi connectivity index (χ1) is 7.22. The monoisotopic (exact) mass is 204 g/mol. The Kier molecular flexibility index (Phi) is 4.61. The van der Waals surface area contributed by atoms with Gasteiger partial charge in [-0.3, -0.25) is 0 Å². The molecular weight excluding hydrogens is 188 g/mol. The fourth-order valence-corrected chi connectivity index (χ4v) is 1.12. The summed E-state index contributed by atoms with van der Waals surface area (Å²) in [6, 6.07) is 7.59. The number of ether oxygens (including phenoxy) is 1. The summed E-state index contributed by atoms with van der Waals surface area (Å²) >= 11 is 0. The molecule has 2 nitrogen and oxygen atoms in total. The zero-order valence-corrected chi connectivity index (χ0v) is 9.19. The normalized spacial score (nSPS) is 9.47. The van der Waals surface area contributed by atoms with Gasteiger partial charge >= 0.3 is 0 Å². The molecular formula is C13H16O2. The van der Waals surface area contributed by atoms with Crippen LogP contribution in [0.5, 0.6) is 5.75 Å². The van der Waals surface area contributed by atoms with E-state index in [0.29, 0.717) is 13.0 Å². The number of benzene rings is 1. The van der Waals surface area contributed by atoms with Gasteiger partial charge in [-0.1, -0.05) is 17.7 Å². The molecule has 0 unspecified atom stereocenters. The second-order valence-corrected chi connectivity index (χ2v) is 3.61. The van der Waals surface area contributed by atoms with Crippen molar-refractivity contribution < 1.29 is 9.53 Å². The molecule has 1 rings (SSSR count). The molecule has 80 valence electrons. The molecule has 1 aromatic carbocycles. The first-order valence-electron chi connectivity index (χ1n) is 5.01. The molecule has 2 heteroatoms. The quantitative estimate of drug-likeness (QED) is 0.544. The Morgan fingerprint density at radius 3 is 2.47 bits per heavy atom. The van der Waals surface area contributed by atoms with Gasteiger partial charge in [0.15, 0.2) is 0 Å². The van der Waals surface area contributed by atoms with Gasteiger partial charge in [0.2, 0.25) is 0 Å². The molecule has 0 fully saturated rings. The second-order valence-electron chi connectivity index (χ2n) is 3.61. The topological polar surface area (TPSA) is 26.3 Å². The maximum atomic E-state index is 10.3. The highest BCUT2D eigenvalue weighted by atomic mass is 16.5.